The Labute approximate surface area is 110 Å². The fraction of sp³-hybridized carbons (Fsp3) is 0.538. The van der Waals surface area contributed by atoms with Gasteiger partial charge in [-0.3, -0.25) is 0 Å². The molecular formula is C13H16BrClO. The van der Waals surface area contributed by atoms with E-state index in [0.717, 1.165) is 16.6 Å². The number of alkyl halides is 1. The predicted molar refractivity (Wildman–Crippen MR) is 71.3 cm³/mol. The Morgan fingerprint density at radius 3 is 2.62 bits per heavy atom. The maximum absolute atomic E-state index is 6.17. The lowest BCUT2D eigenvalue weighted by molar-refractivity contribution is -0.0130. The van der Waals surface area contributed by atoms with E-state index in [9.17, 15) is 0 Å². The van der Waals surface area contributed by atoms with Crippen LogP contribution in [0.25, 0.3) is 0 Å². The minimum absolute atomic E-state index is 0.0720. The molecule has 1 nitrogen and oxygen atoms in total. The van der Waals surface area contributed by atoms with Crippen molar-refractivity contribution in [3.05, 3.63) is 28.2 Å². The third kappa shape index (κ3) is 2.10. The first kappa shape index (κ1) is 12.3. The summed E-state index contributed by atoms with van der Waals surface area (Å²) >= 11 is 9.65. The molecule has 16 heavy (non-hydrogen) atoms. The Hall–Kier alpha value is -0.210. The van der Waals surface area contributed by atoms with E-state index in [1.165, 1.54) is 5.56 Å². The van der Waals surface area contributed by atoms with Crippen LogP contribution < -0.4 is 4.74 Å². The molecule has 0 radical (unpaired) electrons. The molecule has 0 saturated heterocycles. The van der Waals surface area contributed by atoms with E-state index in [2.05, 4.69) is 42.8 Å². The molecule has 1 aromatic rings. The Morgan fingerprint density at radius 2 is 2.12 bits per heavy atom. The van der Waals surface area contributed by atoms with Crippen molar-refractivity contribution in [3.8, 4) is 5.75 Å². The maximum Gasteiger partial charge on any atom is 0.120 e. The number of aryl methyl sites for hydroxylation is 1. The van der Waals surface area contributed by atoms with Gasteiger partial charge in [-0.1, -0.05) is 29.8 Å². The van der Waals surface area contributed by atoms with Crippen LogP contribution in [-0.4, -0.2) is 11.5 Å². The summed E-state index contributed by atoms with van der Waals surface area (Å²) in [7, 11) is 0. The van der Waals surface area contributed by atoms with Crippen LogP contribution in [0.2, 0.25) is 0 Å². The van der Waals surface area contributed by atoms with Crippen LogP contribution >= 0.6 is 27.5 Å². The molecule has 2 unspecified atom stereocenters. The molecule has 0 aromatic heterocycles. The summed E-state index contributed by atoms with van der Waals surface area (Å²) in [5.41, 5.74) is 1.26. The van der Waals surface area contributed by atoms with E-state index in [4.69, 9.17) is 16.3 Å². The normalized spacial score (nSPS) is 27.3. The number of hydrogen-bond acceptors (Lipinski definition) is 1. The van der Waals surface area contributed by atoms with E-state index in [1.54, 1.807) is 0 Å². The molecule has 1 aliphatic rings. The first-order valence-electron chi connectivity index (χ1n) is 5.48. The molecule has 0 N–H and O–H groups in total. The SMILES string of the molecule is Cc1cc(OC2CC(Cl)C2(C)C)ccc1Br. The summed E-state index contributed by atoms with van der Waals surface area (Å²) in [6.45, 7) is 6.38. The number of halogens is 2. The molecular weight excluding hydrogens is 287 g/mol. The summed E-state index contributed by atoms with van der Waals surface area (Å²) in [4.78, 5) is 0. The van der Waals surface area contributed by atoms with Gasteiger partial charge in [0.05, 0.1) is 0 Å². The van der Waals surface area contributed by atoms with Gasteiger partial charge in [-0.15, -0.1) is 11.6 Å². The van der Waals surface area contributed by atoms with Crippen LogP contribution in [0.1, 0.15) is 25.8 Å². The van der Waals surface area contributed by atoms with Gasteiger partial charge in [-0.05, 0) is 30.7 Å². The highest BCUT2D eigenvalue weighted by atomic mass is 79.9. The topological polar surface area (TPSA) is 9.23 Å². The molecule has 2 atom stereocenters. The molecule has 0 aliphatic heterocycles. The fourth-order valence-corrected chi connectivity index (χ4v) is 2.44. The highest BCUT2D eigenvalue weighted by Crippen LogP contribution is 2.46. The smallest absolute Gasteiger partial charge is 0.120 e. The lowest BCUT2D eigenvalue weighted by atomic mass is 9.68. The van der Waals surface area contributed by atoms with Crippen molar-refractivity contribution in [2.45, 2.75) is 38.7 Å². The Morgan fingerprint density at radius 1 is 1.44 bits per heavy atom. The van der Waals surface area contributed by atoms with Gasteiger partial charge >= 0.3 is 0 Å². The highest BCUT2D eigenvalue weighted by molar-refractivity contribution is 9.10. The molecule has 0 amide bonds. The predicted octanol–water partition coefficient (Wildman–Crippen LogP) is 4.54. The second-order valence-corrected chi connectivity index (χ2v) is 6.42. The van der Waals surface area contributed by atoms with Crippen LogP contribution in [0.15, 0.2) is 22.7 Å². The van der Waals surface area contributed by atoms with Crippen molar-refractivity contribution in [2.75, 3.05) is 0 Å². The van der Waals surface area contributed by atoms with Gasteiger partial charge in [-0.25, -0.2) is 0 Å². The summed E-state index contributed by atoms with van der Waals surface area (Å²) in [5.74, 6) is 0.933. The molecule has 2 rings (SSSR count). The molecule has 0 bridgehead atoms. The molecule has 88 valence electrons. The standard InChI is InChI=1S/C13H16BrClO/c1-8-6-9(4-5-10(8)14)16-12-7-11(15)13(12,2)3/h4-6,11-12H,7H2,1-3H3. The molecule has 1 aliphatic carbocycles. The molecule has 0 heterocycles. The quantitative estimate of drug-likeness (QED) is 0.729. The van der Waals surface area contributed by atoms with Gasteiger partial charge in [0.25, 0.3) is 0 Å². The molecule has 3 heteroatoms. The van der Waals surface area contributed by atoms with Crippen molar-refractivity contribution in [1.82, 2.24) is 0 Å². The van der Waals surface area contributed by atoms with Gasteiger partial charge in [0.1, 0.15) is 11.9 Å². The molecule has 1 saturated carbocycles. The molecule has 0 spiro atoms. The van der Waals surface area contributed by atoms with Crippen molar-refractivity contribution in [2.24, 2.45) is 5.41 Å². The largest absolute Gasteiger partial charge is 0.490 e. The molecule has 1 fully saturated rings. The average Bonchev–Trinajstić information content (AvgIpc) is 2.23. The number of benzene rings is 1. The summed E-state index contributed by atoms with van der Waals surface area (Å²) in [5, 5.41) is 0.231. The third-order valence-corrected chi connectivity index (χ3v) is 5.10. The minimum atomic E-state index is 0.0720. The second kappa shape index (κ2) is 4.23. The summed E-state index contributed by atoms with van der Waals surface area (Å²) in [6.07, 6.45) is 1.17. The fourth-order valence-electron chi connectivity index (χ4n) is 1.89. The number of hydrogen-bond donors (Lipinski definition) is 0. The first-order chi connectivity index (χ1) is 7.41. The molecule has 1 aromatic carbocycles. The Balaban J connectivity index is 2.08. The van der Waals surface area contributed by atoms with Gasteiger partial charge < -0.3 is 4.74 Å². The summed E-state index contributed by atoms with van der Waals surface area (Å²) < 4.78 is 7.08. The van der Waals surface area contributed by atoms with Crippen LogP contribution in [0.4, 0.5) is 0 Å². The van der Waals surface area contributed by atoms with Crippen LogP contribution in [0, 0.1) is 12.3 Å². The van der Waals surface area contributed by atoms with Crippen LogP contribution in [0.5, 0.6) is 5.75 Å². The lowest BCUT2D eigenvalue weighted by Gasteiger charge is -2.48. The van der Waals surface area contributed by atoms with E-state index >= 15 is 0 Å². The second-order valence-electron chi connectivity index (χ2n) is 5.04. The van der Waals surface area contributed by atoms with E-state index in [1.807, 2.05) is 12.1 Å². The van der Waals surface area contributed by atoms with Crippen molar-refractivity contribution >= 4 is 27.5 Å². The Kier molecular flexibility index (Phi) is 3.24. The Bertz CT molecular complexity index is 403. The number of ether oxygens (including phenoxy) is 1. The highest BCUT2D eigenvalue weighted by Gasteiger charge is 2.49. The zero-order chi connectivity index (χ0) is 11.9. The monoisotopic (exact) mass is 302 g/mol. The third-order valence-electron chi connectivity index (χ3n) is 3.47. The van der Waals surface area contributed by atoms with E-state index in [-0.39, 0.29) is 16.9 Å². The zero-order valence-corrected chi connectivity index (χ0v) is 12.1. The van der Waals surface area contributed by atoms with Crippen LogP contribution in [0.3, 0.4) is 0 Å². The van der Waals surface area contributed by atoms with Gasteiger partial charge in [-0.2, -0.15) is 0 Å². The number of rotatable bonds is 2. The van der Waals surface area contributed by atoms with Crippen LogP contribution in [-0.2, 0) is 0 Å². The van der Waals surface area contributed by atoms with E-state index in [0.29, 0.717) is 0 Å². The zero-order valence-electron chi connectivity index (χ0n) is 9.76. The van der Waals surface area contributed by atoms with E-state index < -0.39 is 0 Å². The van der Waals surface area contributed by atoms with Gasteiger partial charge in [0.15, 0.2) is 0 Å². The van der Waals surface area contributed by atoms with Crippen molar-refractivity contribution in [3.63, 3.8) is 0 Å². The average molecular weight is 304 g/mol. The minimum Gasteiger partial charge on any atom is -0.490 e. The van der Waals surface area contributed by atoms with Crippen molar-refractivity contribution in [1.29, 1.82) is 0 Å². The van der Waals surface area contributed by atoms with Gasteiger partial charge in [0, 0.05) is 21.7 Å². The first-order valence-corrected chi connectivity index (χ1v) is 6.71. The van der Waals surface area contributed by atoms with Crippen molar-refractivity contribution < 1.29 is 4.74 Å². The van der Waals surface area contributed by atoms with Gasteiger partial charge in [0.2, 0.25) is 0 Å². The maximum atomic E-state index is 6.17. The summed E-state index contributed by atoms with van der Waals surface area (Å²) in [6, 6.07) is 6.07. The lowest BCUT2D eigenvalue weighted by Crippen LogP contribution is -2.53.